The Hall–Kier alpha value is -1.97. The number of nitrogens with one attached hydrogen (secondary N) is 1. The van der Waals surface area contributed by atoms with E-state index in [2.05, 4.69) is 18.8 Å². The van der Waals surface area contributed by atoms with Gasteiger partial charge in [-0.2, -0.15) is 0 Å². The number of carbonyl (C=O) groups is 1. The largest absolute Gasteiger partial charge is 0.399 e. The van der Waals surface area contributed by atoms with Gasteiger partial charge in [-0.15, -0.1) is 0 Å². The van der Waals surface area contributed by atoms with Gasteiger partial charge in [0.25, 0.3) is 5.91 Å². The molecule has 1 fully saturated rings. The molecular formula is C16H21N3O. The van der Waals surface area contributed by atoms with E-state index >= 15 is 0 Å². The van der Waals surface area contributed by atoms with Crippen molar-refractivity contribution in [2.75, 3.05) is 18.8 Å². The average Bonchev–Trinajstić information content (AvgIpc) is 2.79. The summed E-state index contributed by atoms with van der Waals surface area (Å²) in [7, 11) is 0. The number of aromatic amines is 1. The highest BCUT2D eigenvalue weighted by Gasteiger charge is 2.27. The normalized spacial score (nSPS) is 23.2. The first kappa shape index (κ1) is 13.0. The lowest BCUT2D eigenvalue weighted by molar-refractivity contribution is 0.0625. The van der Waals surface area contributed by atoms with Gasteiger partial charge in [0.15, 0.2) is 0 Å². The van der Waals surface area contributed by atoms with Crippen molar-refractivity contribution in [1.29, 1.82) is 0 Å². The summed E-state index contributed by atoms with van der Waals surface area (Å²) in [6.07, 6.45) is 3.00. The highest BCUT2D eigenvalue weighted by atomic mass is 16.2. The number of amides is 1. The van der Waals surface area contributed by atoms with Gasteiger partial charge in [0.2, 0.25) is 0 Å². The molecule has 0 saturated carbocycles. The number of rotatable bonds is 1. The Morgan fingerprint density at radius 2 is 2.00 bits per heavy atom. The lowest BCUT2D eigenvalue weighted by Crippen LogP contribution is -2.42. The molecule has 1 aliphatic rings. The van der Waals surface area contributed by atoms with E-state index in [-0.39, 0.29) is 5.91 Å². The molecule has 1 aromatic heterocycles. The zero-order valence-corrected chi connectivity index (χ0v) is 12.0. The number of aromatic nitrogens is 1. The van der Waals surface area contributed by atoms with Crippen molar-refractivity contribution in [3.05, 3.63) is 30.0 Å². The van der Waals surface area contributed by atoms with Crippen molar-refractivity contribution in [2.45, 2.75) is 20.3 Å². The van der Waals surface area contributed by atoms with Crippen molar-refractivity contribution in [2.24, 2.45) is 11.8 Å². The van der Waals surface area contributed by atoms with Crippen LogP contribution in [0.2, 0.25) is 0 Å². The van der Waals surface area contributed by atoms with Gasteiger partial charge >= 0.3 is 0 Å². The predicted molar refractivity (Wildman–Crippen MR) is 81.6 cm³/mol. The minimum absolute atomic E-state index is 0.124. The second-order valence-electron chi connectivity index (χ2n) is 6.16. The Labute approximate surface area is 118 Å². The molecule has 2 aromatic rings. The maximum absolute atomic E-state index is 12.7. The number of benzene rings is 1. The van der Waals surface area contributed by atoms with E-state index in [1.165, 1.54) is 6.42 Å². The molecule has 0 aliphatic carbocycles. The highest BCUT2D eigenvalue weighted by Crippen LogP contribution is 2.26. The monoisotopic (exact) mass is 271 g/mol. The van der Waals surface area contributed by atoms with Gasteiger partial charge in [-0.05, 0) is 36.5 Å². The fraction of sp³-hybridized carbons (Fsp3) is 0.438. The third-order valence-electron chi connectivity index (χ3n) is 4.09. The molecule has 2 atom stereocenters. The maximum atomic E-state index is 12.7. The van der Waals surface area contributed by atoms with Crippen LogP contribution in [-0.4, -0.2) is 28.9 Å². The Morgan fingerprint density at radius 3 is 2.70 bits per heavy atom. The van der Waals surface area contributed by atoms with Gasteiger partial charge in [0.1, 0.15) is 0 Å². The van der Waals surface area contributed by atoms with Gasteiger partial charge < -0.3 is 15.6 Å². The van der Waals surface area contributed by atoms with Crippen molar-refractivity contribution < 1.29 is 4.79 Å². The number of fused-ring (bicyclic) bond motifs is 1. The second kappa shape index (κ2) is 4.85. The van der Waals surface area contributed by atoms with E-state index in [1.54, 1.807) is 6.20 Å². The molecule has 0 spiro atoms. The van der Waals surface area contributed by atoms with Crippen LogP contribution in [0.25, 0.3) is 10.9 Å². The highest BCUT2D eigenvalue weighted by molar-refractivity contribution is 6.07. The van der Waals surface area contributed by atoms with Gasteiger partial charge in [0, 0.05) is 35.9 Å². The summed E-state index contributed by atoms with van der Waals surface area (Å²) in [6.45, 7) is 6.13. The molecule has 4 nitrogen and oxygen atoms in total. The number of H-pyrrole nitrogens is 1. The van der Waals surface area contributed by atoms with Crippen molar-refractivity contribution in [1.82, 2.24) is 9.88 Å². The van der Waals surface area contributed by atoms with E-state index < -0.39 is 0 Å². The SMILES string of the molecule is CC1CC(C)CN(C(=O)c2c[nH]c3cc(N)ccc23)C1. The fourth-order valence-corrected chi connectivity index (χ4v) is 3.32. The van der Waals surface area contributed by atoms with Gasteiger partial charge in [-0.3, -0.25) is 4.79 Å². The molecule has 3 rings (SSSR count). The molecule has 20 heavy (non-hydrogen) atoms. The Bertz CT molecular complexity index is 636. The molecule has 4 heteroatoms. The molecule has 2 unspecified atom stereocenters. The molecule has 1 amide bonds. The quantitative estimate of drug-likeness (QED) is 0.783. The number of likely N-dealkylation sites (tertiary alicyclic amines) is 1. The van der Waals surface area contributed by atoms with Crippen molar-refractivity contribution in [3.8, 4) is 0 Å². The second-order valence-corrected chi connectivity index (χ2v) is 6.16. The van der Waals surface area contributed by atoms with E-state index in [0.29, 0.717) is 17.5 Å². The number of nitrogen functional groups attached to an aromatic ring is 1. The van der Waals surface area contributed by atoms with Crippen LogP contribution in [0, 0.1) is 11.8 Å². The molecular weight excluding hydrogens is 250 g/mol. The van der Waals surface area contributed by atoms with Crippen LogP contribution < -0.4 is 5.73 Å². The minimum atomic E-state index is 0.124. The summed E-state index contributed by atoms with van der Waals surface area (Å²) >= 11 is 0. The fourth-order valence-electron chi connectivity index (χ4n) is 3.32. The lowest BCUT2D eigenvalue weighted by Gasteiger charge is -2.34. The smallest absolute Gasteiger partial charge is 0.256 e. The van der Waals surface area contributed by atoms with Gasteiger partial charge in [-0.1, -0.05) is 13.8 Å². The number of hydrogen-bond acceptors (Lipinski definition) is 2. The number of nitrogens with two attached hydrogens (primary N) is 1. The summed E-state index contributed by atoms with van der Waals surface area (Å²) in [5.41, 5.74) is 8.15. The molecule has 2 heterocycles. The van der Waals surface area contributed by atoms with Crippen LogP contribution >= 0.6 is 0 Å². The third kappa shape index (κ3) is 2.26. The van der Waals surface area contributed by atoms with E-state index in [4.69, 9.17) is 5.73 Å². The van der Waals surface area contributed by atoms with E-state index in [0.717, 1.165) is 29.6 Å². The number of anilines is 1. The molecule has 1 saturated heterocycles. The van der Waals surface area contributed by atoms with Gasteiger partial charge in [0.05, 0.1) is 5.56 Å². The third-order valence-corrected chi connectivity index (χ3v) is 4.09. The minimum Gasteiger partial charge on any atom is -0.399 e. The molecule has 1 aliphatic heterocycles. The summed E-state index contributed by atoms with van der Waals surface area (Å²) in [5.74, 6) is 1.27. The van der Waals surface area contributed by atoms with E-state index in [1.807, 2.05) is 23.1 Å². The predicted octanol–water partition coefficient (Wildman–Crippen LogP) is 2.87. The number of piperidine rings is 1. The Morgan fingerprint density at radius 1 is 1.30 bits per heavy atom. The van der Waals surface area contributed by atoms with Gasteiger partial charge in [-0.25, -0.2) is 0 Å². The summed E-state index contributed by atoms with van der Waals surface area (Å²) < 4.78 is 0. The number of hydrogen-bond donors (Lipinski definition) is 2. The van der Waals surface area contributed by atoms with Crippen LogP contribution in [-0.2, 0) is 0 Å². The standard InChI is InChI=1S/C16H21N3O/c1-10-5-11(2)9-19(8-10)16(20)14-7-18-15-6-12(17)3-4-13(14)15/h3-4,6-7,10-11,18H,5,8-9,17H2,1-2H3. The van der Waals surface area contributed by atoms with Crippen LogP contribution in [0.15, 0.2) is 24.4 Å². The van der Waals surface area contributed by atoms with Crippen LogP contribution in [0.1, 0.15) is 30.6 Å². The first-order valence-corrected chi connectivity index (χ1v) is 7.20. The topological polar surface area (TPSA) is 62.1 Å². The van der Waals surface area contributed by atoms with E-state index in [9.17, 15) is 4.79 Å². The van der Waals surface area contributed by atoms with Crippen LogP contribution in [0.5, 0.6) is 0 Å². The average molecular weight is 271 g/mol. The summed E-state index contributed by atoms with van der Waals surface area (Å²) in [4.78, 5) is 17.9. The first-order valence-electron chi connectivity index (χ1n) is 7.20. The Kier molecular flexibility index (Phi) is 3.16. The maximum Gasteiger partial charge on any atom is 0.256 e. The molecule has 1 aromatic carbocycles. The molecule has 0 bridgehead atoms. The Balaban J connectivity index is 1.92. The summed E-state index contributed by atoms with van der Waals surface area (Å²) in [5, 5.41) is 0.954. The molecule has 0 radical (unpaired) electrons. The first-order chi connectivity index (χ1) is 9.54. The molecule has 3 N–H and O–H groups in total. The zero-order valence-electron chi connectivity index (χ0n) is 12.0. The van der Waals surface area contributed by atoms with Crippen molar-refractivity contribution in [3.63, 3.8) is 0 Å². The molecule has 106 valence electrons. The van der Waals surface area contributed by atoms with Crippen LogP contribution in [0.4, 0.5) is 5.69 Å². The number of carbonyl (C=O) groups excluding carboxylic acids is 1. The van der Waals surface area contributed by atoms with Crippen molar-refractivity contribution >= 4 is 22.5 Å². The van der Waals surface area contributed by atoms with Crippen LogP contribution in [0.3, 0.4) is 0 Å². The lowest BCUT2D eigenvalue weighted by atomic mass is 9.91. The summed E-state index contributed by atoms with van der Waals surface area (Å²) in [6, 6.07) is 5.63. The zero-order chi connectivity index (χ0) is 14.3. The number of nitrogens with zero attached hydrogens (tertiary/aromatic N) is 1.